The lowest BCUT2D eigenvalue weighted by molar-refractivity contribution is 0.0877. The molecule has 2 aromatic rings. The van der Waals surface area contributed by atoms with E-state index in [4.69, 9.17) is 0 Å². The molecule has 1 heteroatoms. The average Bonchev–Trinajstić information content (AvgIpc) is 2.69. The van der Waals surface area contributed by atoms with Crippen molar-refractivity contribution in [2.45, 2.75) is 51.4 Å². The van der Waals surface area contributed by atoms with Gasteiger partial charge in [-0.15, -0.1) is 0 Å². The van der Waals surface area contributed by atoms with Gasteiger partial charge in [-0.1, -0.05) is 80.3 Å². The SMILES string of the molecule is O=C(C[C@@H]1CC[C@@H]2CCCC[C@@H]2C1)c1ccc(-c2ccccc2)cc1. The highest BCUT2D eigenvalue weighted by Gasteiger charge is 2.32. The standard InChI is InChI=1S/C24H28O/c25-24(17-18-10-11-20-8-4-5-9-23(20)16-18)22-14-12-21(13-15-22)19-6-2-1-3-7-19/h1-3,6-7,12-15,18,20,23H,4-5,8-11,16-17H2/t18-,20+,23-/m1/s1. The molecule has 0 unspecified atom stereocenters. The molecule has 0 radical (unpaired) electrons. The van der Waals surface area contributed by atoms with Gasteiger partial charge in [-0.05, 0) is 48.1 Å². The Morgan fingerprint density at radius 1 is 0.760 bits per heavy atom. The van der Waals surface area contributed by atoms with E-state index in [1.165, 1.54) is 56.1 Å². The number of benzene rings is 2. The molecular weight excluding hydrogens is 304 g/mol. The lowest BCUT2D eigenvalue weighted by Crippen LogP contribution is -2.28. The van der Waals surface area contributed by atoms with Crippen molar-refractivity contribution >= 4 is 5.78 Å². The van der Waals surface area contributed by atoms with Crippen LogP contribution in [0.5, 0.6) is 0 Å². The number of Topliss-reactive ketones (excluding diaryl/α,β-unsaturated/α-hetero) is 1. The molecule has 2 aliphatic rings. The van der Waals surface area contributed by atoms with Gasteiger partial charge in [-0.25, -0.2) is 0 Å². The average molecular weight is 332 g/mol. The zero-order valence-corrected chi connectivity index (χ0v) is 15.0. The second-order valence-corrected chi connectivity index (χ2v) is 8.05. The van der Waals surface area contributed by atoms with E-state index in [1.807, 2.05) is 18.2 Å². The van der Waals surface area contributed by atoms with Crippen molar-refractivity contribution < 1.29 is 4.79 Å². The number of carbonyl (C=O) groups excluding carboxylic acids is 1. The summed E-state index contributed by atoms with van der Waals surface area (Å²) in [5.41, 5.74) is 3.27. The van der Waals surface area contributed by atoms with Gasteiger partial charge in [-0.2, -0.15) is 0 Å². The molecular formula is C24H28O. The summed E-state index contributed by atoms with van der Waals surface area (Å²) in [6, 6.07) is 18.5. The zero-order chi connectivity index (χ0) is 17.1. The van der Waals surface area contributed by atoms with Crippen molar-refractivity contribution in [2.75, 3.05) is 0 Å². The fourth-order valence-corrected chi connectivity index (χ4v) is 5.02. The van der Waals surface area contributed by atoms with Gasteiger partial charge in [0.25, 0.3) is 0 Å². The smallest absolute Gasteiger partial charge is 0.163 e. The van der Waals surface area contributed by atoms with Gasteiger partial charge in [0.2, 0.25) is 0 Å². The number of ketones is 1. The highest BCUT2D eigenvalue weighted by Crippen LogP contribution is 2.43. The molecule has 25 heavy (non-hydrogen) atoms. The van der Waals surface area contributed by atoms with Crippen LogP contribution in [-0.4, -0.2) is 5.78 Å². The van der Waals surface area contributed by atoms with E-state index in [-0.39, 0.29) is 0 Å². The molecule has 0 N–H and O–H groups in total. The van der Waals surface area contributed by atoms with E-state index in [0.29, 0.717) is 11.7 Å². The largest absolute Gasteiger partial charge is 0.294 e. The van der Waals surface area contributed by atoms with Crippen LogP contribution in [0.2, 0.25) is 0 Å². The van der Waals surface area contributed by atoms with E-state index in [9.17, 15) is 4.79 Å². The minimum atomic E-state index is 0.332. The van der Waals surface area contributed by atoms with E-state index in [2.05, 4.69) is 36.4 Å². The Bertz CT molecular complexity index is 701. The van der Waals surface area contributed by atoms with Crippen LogP contribution in [0.15, 0.2) is 54.6 Å². The Morgan fingerprint density at radius 3 is 2.20 bits per heavy atom. The topological polar surface area (TPSA) is 17.1 Å². The van der Waals surface area contributed by atoms with Gasteiger partial charge in [0.15, 0.2) is 5.78 Å². The molecule has 130 valence electrons. The Balaban J connectivity index is 1.38. The summed E-state index contributed by atoms with van der Waals surface area (Å²) in [5.74, 6) is 2.81. The van der Waals surface area contributed by atoms with E-state index in [0.717, 1.165) is 23.8 Å². The summed E-state index contributed by atoms with van der Waals surface area (Å²) in [6.07, 6.45) is 10.3. The van der Waals surface area contributed by atoms with Crippen LogP contribution in [0.3, 0.4) is 0 Å². The molecule has 0 saturated heterocycles. The molecule has 2 saturated carbocycles. The lowest BCUT2D eigenvalue weighted by atomic mass is 9.66. The molecule has 0 aromatic heterocycles. The fraction of sp³-hybridized carbons (Fsp3) is 0.458. The fourth-order valence-electron chi connectivity index (χ4n) is 5.02. The summed E-state index contributed by atoms with van der Waals surface area (Å²) in [4.78, 5) is 12.7. The quantitative estimate of drug-likeness (QED) is 0.581. The summed E-state index contributed by atoms with van der Waals surface area (Å²) < 4.78 is 0. The third kappa shape index (κ3) is 3.86. The third-order valence-corrected chi connectivity index (χ3v) is 6.44. The molecule has 0 aliphatic heterocycles. The van der Waals surface area contributed by atoms with Crippen molar-refractivity contribution in [1.82, 2.24) is 0 Å². The Kier molecular flexibility index (Phi) is 5.01. The predicted octanol–water partition coefficient (Wildman–Crippen LogP) is 6.53. The maximum absolute atomic E-state index is 12.7. The van der Waals surface area contributed by atoms with Crippen LogP contribution < -0.4 is 0 Å². The zero-order valence-electron chi connectivity index (χ0n) is 15.0. The summed E-state index contributed by atoms with van der Waals surface area (Å²) in [6.45, 7) is 0. The van der Waals surface area contributed by atoms with Crippen molar-refractivity contribution in [1.29, 1.82) is 0 Å². The van der Waals surface area contributed by atoms with Crippen molar-refractivity contribution in [3.63, 3.8) is 0 Å². The van der Waals surface area contributed by atoms with Crippen LogP contribution in [0.4, 0.5) is 0 Å². The number of carbonyl (C=O) groups is 1. The van der Waals surface area contributed by atoms with Crippen LogP contribution in [0.25, 0.3) is 11.1 Å². The molecule has 0 spiro atoms. The van der Waals surface area contributed by atoms with Crippen LogP contribution in [0.1, 0.15) is 61.7 Å². The van der Waals surface area contributed by atoms with Gasteiger partial charge in [0.1, 0.15) is 0 Å². The maximum atomic E-state index is 12.7. The minimum Gasteiger partial charge on any atom is -0.294 e. The number of hydrogen-bond acceptors (Lipinski definition) is 1. The van der Waals surface area contributed by atoms with E-state index in [1.54, 1.807) is 0 Å². The Hall–Kier alpha value is -1.89. The first-order chi connectivity index (χ1) is 12.3. The second-order valence-electron chi connectivity index (χ2n) is 8.05. The van der Waals surface area contributed by atoms with Crippen LogP contribution >= 0.6 is 0 Å². The van der Waals surface area contributed by atoms with Gasteiger partial charge in [0, 0.05) is 12.0 Å². The molecule has 0 heterocycles. The van der Waals surface area contributed by atoms with Crippen molar-refractivity contribution in [3.8, 4) is 11.1 Å². The van der Waals surface area contributed by atoms with E-state index < -0.39 is 0 Å². The molecule has 0 bridgehead atoms. The Morgan fingerprint density at radius 2 is 1.44 bits per heavy atom. The lowest BCUT2D eigenvalue weighted by Gasteiger charge is -2.39. The normalized spacial score (nSPS) is 26.0. The second kappa shape index (κ2) is 7.56. The van der Waals surface area contributed by atoms with Crippen LogP contribution in [0, 0.1) is 17.8 Å². The minimum absolute atomic E-state index is 0.332. The summed E-state index contributed by atoms with van der Waals surface area (Å²) in [7, 11) is 0. The highest BCUT2D eigenvalue weighted by molar-refractivity contribution is 5.96. The third-order valence-electron chi connectivity index (χ3n) is 6.44. The number of rotatable bonds is 4. The first-order valence-electron chi connectivity index (χ1n) is 9.98. The van der Waals surface area contributed by atoms with Gasteiger partial charge < -0.3 is 0 Å². The molecule has 2 aromatic carbocycles. The predicted molar refractivity (Wildman–Crippen MR) is 104 cm³/mol. The first-order valence-corrected chi connectivity index (χ1v) is 9.98. The number of fused-ring (bicyclic) bond motifs is 1. The summed E-state index contributed by atoms with van der Waals surface area (Å²) >= 11 is 0. The van der Waals surface area contributed by atoms with Gasteiger partial charge in [0.05, 0.1) is 0 Å². The van der Waals surface area contributed by atoms with E-state index >= 15 is 0 Å². The van der Waals surface area contributed by atoms with Gasteiger partial charge >= 0.3 is 0 Å². The molecule has 0 amide bonds. The summed E-state index contributed by atoms with van der Waals surface area (Å²) in [5, 5.41) is 0. The van der Waals surface area contributed by atoms with Gasteiger partial charge in [-0.3, -0.25) is 4.79 Å². The molecule has 2 fully saturated rings. The molecule has 4 rings (SSSR count). The first kappa shape index (κ1) is 16.6. The highest BCUT2D eigenvalue weighted by atomic mass is 16.1. The molecule has 1 nitrogen and oxygen atoms in total. The molecule has 2 aliphatic carbocycles. The van der Waals surface area contributed by atoms with Crippen LogP contribution in [-0.2, 0) is 0 Å². The number of hydrogen-bond donors (Lipinski definition) is 0. The van der Waals surface area contributed by atoms with Crippen molar-refractivity contribution in [2.24, 2.45) is 17.8 Å². The Labute approximate surface area is 151 Å². The van der Waals surface area contributed by atoms with Crippen molar-refractivity contribution in [3.05, 3.63) is 60.2 Å². The molecule has 3 atom stereocenters. The monoisotopic (exact) mass is 332 g/mol. The maximum Gasteiger partial charge on any atom is 0.163 e.